The average Bonchev–Trinajstić information content (AvgIpc) is 2.92. The summed E-state index contributed by atoms with van der Waals surface area (Å²) in [5, 5.41) is 11.1. The van der Waals surface area contributed by atoms with Crippen molar-refractivity contribution < 1.29 is 32.6 Å². The predicted octanol–water partition coefficient (Wildman–Crippen LogP) is 2.25. The summed E-state index contributed by atoms with van der Waals surface area (Å²) in [4.78, 5) is 26.3. The lowest BCUT2D eigenvalue weighted by molar-refractivity contribution is -0.264. The molecular formula is C18H19ClF3N2O4-. The van der Waals surface area contributed by atoms with E-state index in [2.05, 4.69) is 0 Å². The molecule has 28 heavy (non-hydrogen) atoms. The molecule has 0 spiro atoms. The summed E-state index contributed by atoms with van der Waals surface area (Å²) in [6.45, 7) is 1.08. The Morgan fingerprint density at radius 3 is 2.29 bits per heavy atom. The molecule has 154 valence electrons. The SMILES string of the molecule is O=C([O-])N1CC2CCN(C(=O)COc3cc(Cl)ccc3C(F)(F)F)CCC2C1. The number of likely N-dealkylation sites (tertiary alicyclic amines) is 2. The van der Waals surface area contributed by atoms with Gasteiger partial charge in [0.15, 0.2) is 6.61 Å². The van der Waals surface area contributed by atoms with Gasteiger partial charge in [-0.2, -0.15) is 13.2 Å². The van der Waals surface area contributed by atoms with Gasteiger partial charge >= 0.3 is 6.18 Å². The molecule has 0 radical (unpaired) electrons. The molecule has 2 unspecified atom stereocenters. The largest absolute Gasteiger partial charge is 0.530 e. The first-order chi connectivity index (χ1) is 13.1. The van der Waals surface area contributed by atoms with Crippen LogP contribution in [0, 0.1) is 11.8 Å². The Kier molecular flexibility index (Phi) is 5.92. The van der Waals surface area contributed by atoms with Gasteiger partial charge in [-0.15, -0.1) is 0 Å². The molecule has 0 bridgehead atoms. The number of carboxylic acid groups (broad SMARTS) is 1. The van der Waals surface area contributed by atoms with Crippen molar-refractivity contribution in [3.63, 3.8) is 0 Å². The van der Waals surface area contributed by atoms with E-state index < -0.39 is 36.1 Å². The molecule has 2 atom stereocenters. The van der Waals surface area contributed by atoms with Crippen LogP contribution in [0.15, 0.2) is 18.2 Å². The van der Waals surface area contributed by atoms with E-state index >= 15 is 0 Å². The zero-order chi connectivity index (χ0) is 20.5. The molecule has 2 amide bonds. The molecule has 6 nitrogen and oxygen atoms in total. The molecule has 2 heterocycles. The van der Waals surface area contributed by atoms with Gasteiger partial charge in [0.2, 0.25) is 0 Å². The molecule has 2 fully saturated rings. The number of nitrogens with zero attached hydrogens (tertiary/aromatic N) is 2. The van der Waals surface area contributed by atoms with Crippen LogP contribution in [0.2, 0.25) is 5.02 Å². The Hall–Kier alpha value is -2.16. The van der Waals surface area contributed by atoms with Gasteiger partial charge in [0.1, 0.15) is 11.8 Å². The van der Waals surface area contributed by atoms with Crippen LogP contribution in [-0.4, -0.2) is 54.6 Å². The van der Waals surface area contributed by atoms with Gasteiger partial charge in [-0.05, 0) is 42.9 Å². The Morgan fingerprint density at radius 2 is 1.75 bits per heavy atom. The van der Waals surface area contributed by atoms with E-state index in [1.54, 1.807) is 4.90 Å². The first-order valence-corrected chi connectivity index (χ1v) is 9.26. The highest BCUT2D eigenvalue weighted by Gasteiger charge is 2.37. The van der Waals surface area contributed by atoms with Crippen molar-refractivity contribution in [2.24, 2.45) is 11.8 Å². The molecule has 1 aromatic rings. The van der Waals surface area contributed by atoms with Crippen molar-refractivity contribution in [2.45, 2.75) is 19.0 Å². The number of carbonyl (C=O) groups excluding carboxylic acids is 2. The minimum absolute atomic E-state index is 0.0792. The normalized spacial score (nSPS) is 22.6. The number of rotatable bonds is 3. The molecule has 2 saturated heterocycles. The van der Waals surface area contributed by atoms with Gasteiger partial charge in [-0.1, -0.05) is 11.6 Å². The molecule has 2 aliphatic rings. The maximum atomic E-state index is 13.1. The Balaban J connectivity index is 1.58. The van der Waals surface area contributed by atoms with Crippen LogP contribution in [-0.2, 0) is 11.0 Å². The predicted molar refractivity (Wildman–Crippen MR) is 91.7 cm³/mol. The lowest BCUT2D eigenvalue weighted by Gasteiger charge is -2.23. The summed E-state index contributed by atoms with van der Waals surface area (Å²) in [5.74, 6) is -0.586. The first kappa shape index (κ1) is 20.6. The van der Waals surface area contributed by atoms with Crippen LogP contribution in [0.25, 0.3) is 0 Å². The summed E-state index contributed by atoms with van der Waals surface area (Å²) < 4.78 is 44.3. The van der Waals surface area contributed by atoms with Gasteiger partial charge < -0.3 is 24.4 Å². The van der Waals surface area contributed by atoms with Gasteiger partial charge in [0, 0.05) is 31.2 Å². The van der Waals surface area contributed by atoms with E-state index in [1.807, 2.05) is 0 Å². The zero-order valence-electron chi connectivity index (χ0n) is 14.9. The number of benzene rings is 1. The molecular weight excluding hydrogens is 401 g/mol. The van der Waals surface area contributed by atoms with Crippen LogP contribution in [0.3, 0.4) is 0 Å². The number of hydrogen-bond acceptors (Lipinski definition) is 4. The van der Waals surface area contributed by atoms with Crippen molar-refractivity contribution >= 4 is 23.6 Å². The van der Waals surface area contributed by atoms with Crippen LogP contribution < -0.4 is 9.84 Å². The highest BCUT2D eigenvalue weighted by Crippen LogP contribution is 2.37. The average molecular weight is 420 g/mol. The number of fused-ring (bicyclic) bond motifs is 1. The minimum Gasteiger partial charge on any atom is -0.530 e. The van der Waals surface area contributed by atoms with Crippen molar-refractivity contribution in [3.8, 4) is 5.75 Å². The van der Waals surface area contributed by atoms with Gasteiger partial charge in [0.05, 0.1) is 5.56 Å². The van der Waals surface area contributed by atoms with Crippen LogP contribution in [0.1, 0.15) is 18.4 Å². The molecule has 2 aliphatic heterocycles. The Labute approximate surface area is 164 Å². The van der Waals surface area contributed by atoms with Gasteiger partial charge in [-0.25, -0.2) is 0 Å². The fraction of sp³-hybridized carbons (Fsp3) is 0.556. The molecule has 0 aliphatic carbocycles. The maximum Gasteiger partial charge on any atom is 0.419 e. The Morgan fingerprint density at radius 1 is 1.14 bits per heavy atom. The summed E-state index contributed by atoms with van der Waals surface area (Å²) in [6, 6.07) is 2.97. The lowest BCUT2D eigenvalue weighted by atomic mass is 9.92. The third-order valence-electron chi connectivity index (χ3n) is 5.33. The van der Waals surface area contributed by atoms with E-state index in [9.17, 15) is 27.9 Å². The lowest BCUT2D eigenvalue weighted by Crippen LogP contribution is -2.41. The second kappa shape index (κ2) is 8.06. The van der Waals surface area contributed by atoms with E-state index in [-0.39, 0.29) is 16.9 Å². The smallest absolute Gasteiger partial charge is 0.419 e. The zero-order valence-corrected chi connectivity index (χ0v) is 15.6. The number of ether oxygens (including phenoxy) is 1. The molecule has 3 rings (SSSR count). The highest BCUT2D eigenvalue weighted by molar-refractivity contribution is 6.30. The van der Waals surface area contributed by atoms with Crippen LogP contribution in [0.5, 0.6) is 5.75 Å². The fourth-order valence-electron chi connectivity index (χ4n) is 3.83. The van der Waals surface area contributed by atoms with E-state index in [0.29, 0.717) is 39.0 Å². The highest BCUT2D eigenvalue weighted by atomic mass is 35.5. The number of halogens is 4. The van der Waals surface area contributed by atoms with E-state index in [1.165, 1.54) is 4.90 Å². The van der Waals surface area contributed by atoms with Gasteiger partial charge in [-0.3, -0.25) is 4.79 Å². The van der Waals surface area contributed by atoms with E-state index in [4.69, 9.17) is 16.3 Å². The molecule has 0 saturated carbocycles. The fourth-order valence-corrected chi connectivity index (χ4v) is 3.99. The molecule has 0 aromatic heterocycles. The van der Waals surface area contributed by atoms with Gasteiger partial charge in [0.25, 0.3) is 5.91 Å². The topological polar surface area (TPSA) is 72.9 Å². The summed E-state index contributed by atoms with van der Waals surface area (Å²) in [7, 11) is 0. The van der Waals surface area contributed by atoms with Crippen molar-refractivity contribution in [3.05, 3.63) is 28.8 Å². The second-order valence-corrected chi connectivity index (χ2v) is 7.51. The second-order valence-electron chi connectivity index (χ2n) is 7.08. The third-order valence-corrected chi connectivity index (χ3v) is 5.56. The molecule has 1 aromatic carbocycles. The molecule has 0 N–H and O–H groups in total. The summed E-state index contributed by atoms with van der Waals surface area (Å²) in [5.41, 5.74) is -0.988. The first-order valence-electron chi connectivity index (χ1n) is 8.88. The Bertz CT molecular complexity index is 743. The quantitative estimate of drug-likeness (QED) is 0.753. The summed E-state index contributed by atoms with van der Waals surface area (Å²) in [6.07, 6.45) is -4.54. The standard InChI is InChI=1S/C18H20ClF3N2O4/c19-13-1-2-14(18(20,21)22)15(7-13)28-10-16(25)23-5-3-11-8-24(17(26)27)9-12(11)4-6-23/h1-2,7,11-12H,3-6,8-10H2,(H,26,27)/p-1. The van der Waals surface area contributed by atoms with Crippen LogP contribution in [0.4, 0.5) is 18.0 Å². The monoisotopic (exact) mass is 419 g/mol. The van der Waals surface area contributed by atoms with Crippen molar-refractivity contribution in [2.75, 3.05) is 32.8 Å². The number of amides is 2. The minimum atomic E-state index is -4.62. The molecule has 10 heteroatoms. The van der Waals surface area contributed by atoms with E-state index in [0.717, 1.165) is 18.2 Å². The van der Waals surface area contributed by atoms with Crippen molar-refractivity contribution in [1.82, 2.24) is 9.80 Å². The maximum absolute atomic E-state index is 13.1. The number of hydrogen-bond donors (Lipinski definition) is 0. The third kappa shape index (κ3) is 4.63. The number of carbonyl (C=O) groups is 2. The van der Waals surface area contributed by atoms with Crippen molar-refractivity contribution in [1.29, 1.82) is 0 Å². The van der Waals surface area contributed by atoms with Crippen LogP contribution >= 0.6 is 11.6 Å². The number of alkyl halides is 3. The summed E-state index contributed by atoms with van der Waals surface area (Å²) >= 11 is 5.75.